The number of carbonyl (C=O) groups excluding carboxylic acids is 1. The van der Waals surface area contributed by atoms with Crippen LogP contribution in [-0.4, -0.2) is 51.1 Å². The molecule has 1 fully saturated rings. The van der Waals surface area contributed by atoms with Gasteiger partial charge in [0.2, 0.25) is 6.10 Å². The normalized spacial score (nSPS) is 16.5. The van der Waals surface area contributed by atoms with Gasteiger partial charge in [0, 0.05) is 11.4 Å². The van der Waals surface area contributed by atoms with Gasteiger partial charge in [0.25, 0.3) is 0 Å². The van der Waals surface area contributed by atoms with Crippen LogP contribution in [-0.2, 0) is 4.74 Å². The summed E-state index contributed by atoms with van der Waals surface area (Å²) in [5.74, 6) is 0. The topological polar surface area (TPSA) is 46.0 Å². The minimum absolute atomic E-state index is 0.297. The lowest BCUT2D eigenvalue weighted by Crippen LogP contribution is -3.16. The Balaban J connectivity index is 1.54. The van der Waals surface area contributed by atoms with E-state index in [0.29, 0.717) is 31.9 Å². The number of nitrogens with one attached hydrogen (secondary N) is 2. The highest BCUT2D eigenvalue weighted by Crippen LogP contribution is 2.23. The van der Waals surface area contributed by atoms with E-state index in [0.717, 1.165) is 10.6 Å². The van der Waals surface area contributed by atoms with Crippen LogP contribution in [0, 0.1) is 0 Å². The number of para-hydroxylation sites is 2. The van der Waals surface area contributed by atoms with Crippen molar-refractivity contribution in [1.82, 2.24) is 0 Å². The van der Waals surface area contributed by atoms with Crippen molar-refractivity contribution in [3.8, 4) is 0 Å². The Bertz CT molecular complexity index is 748. The molecule has 1 saturated heterocycles. The van der Waals surface area contributed by atoms with Crippen LogP contribution in [0.1, 0.15) is 0 Å². The second-order valence-corrected chi connectivity index (χ2v) is 6.70. The highest BCUT2D eigenvalue weighted by Gasteiger charge is 2.46. The zero-order valence-corrected chi connectivity index (χ0v) is 15.3. The summed E-state index contributed by atoms with van der Waals surface area (Å²) in [6, 6.07) is 18.0. The highest BCUT2D eigenvalue weighted by molar-refractivity contribution is 5.84. The number of nitrogens with zero attached hydrogens (tertiary/aromatic N) is 1. The summed E-state index contributed by atoms with van der Waals surface area (Å²) < 4.78 is 44.9. The van der Waals surface area contributed by atoms with E-state index in [-0.39, 0.29) is 6.54 Å². The molecular weight excluding hydrogens is 371 g/mol. The molecule has 2 aromatic rings. The Labute approximate surface area is 161 Å². The maximum Gasteiger partial charge on any atom is 0.431 e. The molecule has 0 aliphatic carbocycles. The van der Waals surface area contributed by atoms with Gasteiger partial charge < -0.3 is 14.5 Å². The third-order valence-electron chi connectivity index (χ3n) is 4.70. The molecule has 1 amide bonds. The second-order valence-electron chi connectivity index (χ2n) is 6.70. The predicted octanol–water partition coefficient (Wildman–Crippen LogP) is 2.57. The van der Waals surface area contributed by atoms with E-state index in [1.165, 1.54) is 0 Å². The minimum Gasteiger partial charge on any atom is -0.430 e. The number of benzene rings is 2. The summed E-state index contributed by atoms with van der Waals surface area (Å²) in [7, 11) is 0. The molecule has 0 bridgehead atoms. The van der Waals surface area contributed by atoms with E-state index in [4.69, 9.17) is 4.74 Å². The molecule has 0 unspecified atom stereocenters. The molecule has 8 heteroatoms. The molecule has 1 heterocycles. The first-order chi connectivity index (χ1) is 13.4. The number of hydrogen-bond donors (Lipinski definition) is 2. The molecule has 2 N–H and O–H groups in total. The van der Waals surface area contributed by atoms with Gasteiger partial charge in [-0.05, 0) is 24.3 Å². The van der Waals surface area contributed by atoms with Crippen molar-refractivity contribution in [2.24, 2.45) is 0 Å². The van der Waals surface area contributed by atoms with E-state index in [2.05, 4.69) is 10.2 Å². The smallest absolute Gasteiger partial charge is 0.430 e. The fourth-order valence-electron chi connectivity index (χ4n) is 3.21. The van der Waals surface area contributed by atoms with Gasteiger partial charge in [-0.25, -0.2) is 4.79 Å². The quantitative estimate of drug-likeness (QED) is 0.820. The Hall–Kier alpha value is -2.74. The van der Waals surface area contributed by atoms with Crippen molar-refractivity contribution < 1.29 is 27.6 Å². The van der Waals surface area contributed by atoms with Crippen molar-refractivity contribution in [1.29, 1.82) is 0 Å². The summed E-state index contributed by atoms with van der Waals surface area (Å²) in [6.07, 6.45) is -7.86. The van der Waals surface area contributed by atoms with Crippen molar-refractivity contribution in [3.63, 3.8) is 0 Å². The van der Waals surface area contributed by atoms with E-state index in [1.807, 2.05) is 30.3 Å². The molecule has 0 aromatic heterocycles. The van der Waals surface area contributed by atoms with Gasteiger partial charge in [-0.2, -0.15) is 13.2 Å². The van der Waals surface area contributed by atoms with E-state index in [9.17, 15) is 18.0 Å². The van der Waals surface area contributed by atoms with Crippen molar-refractivity contribution in [2.45, 2.75) is 12.3 Å². The lowest BCUT2D eigenvalue weighted by Gasteiger charge is -2.35. The van der Waals surface area contributed by atoms with Gasteiger partial charge in [0.15, 0.2) is 0 Å². The fraction of sp³-hybridized carbons (Fsp3) is 0.350. The van der Waals surface area contributed by atoms with Gasteiger partial charge in [0.05, 0.1) is 26.2 Å². The van der Waals surface area contributed by atoms with Gasteiger partial charge in [-0.3, -0.25) is 5.32 Å². The zero-order valence-electron chi connectivity index (χ0n) is 15.3. The summed E-state index contributed by atoms with van der Waals surface area (Å²) in [5, 5.41) is 2.33. The molecule has 0 radical (unpaired) electrons. The number of ether oxygens (including phenoxy) is 1. The molecule has 0 saturated carbocycles. The molecule has 3 rings (SSSR count). The number of piperazine rings is 1. The number of amides is 1. The number of halogens is 3. The Kier molecular flexibility index (Phi) is 6.41. The first-order valence-corrected chi connectivity index (χ1v) is 9.15. The summed E-state index contributed by atoms with van der Waals surface area (Å²) in [4.78, 5) is 14.8. The second kappa shape index (κ2) is 8.97. The summed E-state index contributed by atoms with van der Waals surface area (Å²) in [6.45, 7) is 2.10. The molecule has 150 valence electrons. The molecule has 5 nitrogen and oxygen atoms in total. The van der Waals surface area contributed by atoms with Gasteiger partial charge in [-0.1, -0.05) is 36.4 Å². The number of rotatable bonds is 5. The largest absolute Gasteiger partial charge is 0.431 e. The average molecular weight is 394 g/mol. The molecule has 0 spiro atoms. The average Bonchev–Trinajstić information content (AvgIpc) is 2.69. The molecule has 1 atom stereocenters. The van der Waals surface area contributed by atoms with E-state index in [1.54, 1.807) is 30.3 Å². The molecule has 1 aliphatic rings. The van der Waals surface area contributed by atoms with Gasteiger partial charge in [-0.15, -0.1) is 0 Å². The number of hydrogen-bond acceptors (Lipinski definition) is 3. The van der Waals surface area contributed by atoms with Crippen molar-refractivity contribution in [3.05, 3.63) is 60.7 Å². The minimum atomic E-state index is -4.61. The molecule has 2 aromatic carbocycles. The van der Waals surface area contributed by atoms with Gasteiger partial charge >= 0.3 is 12.3 Å². The summed E-state index contributed by atoms with van der Waals surface area (Å²) in [5.41, 5.74) is 1.45. The van der Waals surface area contributed by atoms with Crippen LogP contribution in [0.2, 0.25) is 0 Å². The summed E-state index contributed by atoms with van der Waals surface area (Å²) >= 11 is 0. The van der Waals surface area contributed by atoms with Crippen LogP contribution in [0.3, 0.4) is 0 Å². The van der Waals surface area contributed by atoms with Crippen LogP contribution < -0.4 is 15.1 Å². The van der Waals surface area contributed by atoms with Crippen LogP contribution in [0.15, 0.2) is 60.7 Å². The number of anilines is 2. The Morgan fingerprint density at radius 2 is 1.61 bits per heavy atom. The fourth-order valence-corrected chi connectivity index (χ4v) is 3.21. The van der Waals surface area contributed by atoms with Crippen molar-refractivity contribution >= 4 is 17.5 Å². The lowest BCUT2D eigenvalue weighted by molar-refractivity contribution is -0.904. The van der Waals surface area contributed by atoms with E-state index >= 15 is 0 Å². The molecule has 1 aliphatic heterocycles. The van der Waals surface area contributed by atoms with Crippen LogP contribution >= 0.6 is 0 Å². The molecule has 28 heavy (non-hydrogen) atoms. The Morgan fingerprint density at radius 3 is 2.18 bits per heavy atom. The number of quaternary nitrogens is 1. The van der Waals surface area contributed by atoms with E-state index < -0.39 is 18.4 Å². The first-order valence-electron chi connectivity index (χ1n) is 9.15. The highest BCUT2D eigenvalue weighted by atomic mass is 19.4. The predicted molar refractivity (Wildman–Crippen MR) is 101 cm³/mol. The van der Waals surface area contributed by atoms with Crippen LogP contribution in [0.4, 0.5) is 29.3 Å². The maximum atomic E-state index is 13.4. The van der Waals surface area contributed by atoms with Crippen LogP contribution in [0.25, 0.3) is 0 Å². The SMILES string of the molecule is O=C(Nc1ccccc1)O[C@@H](C[NH+]1CCN(c2ccccc2)CC1)C(F)(F)F. The van der Waals surface area contributed by atoms with Gasteiger partial charge in [0.1, 0.15) is 6.54 Å². The standard InChI is InChI=1S/C20H22F3N3O2/c21-20(22,23)18(28-19(27)24-16-7-3-1-4-8-16)15-25-11-13-26(14-12-25)17-9-5-2-6-10-17/h1-10,18H,11-15H2,(H,24,27)/p+1/t18-/m0/s1. The maximum absolute atomic E-state index is 13.4. The van der Waals surface area contributed by atoms with Crippen LogP contribution in [0.5, 0.6) is 0 Å². The number of alkyl halides is 3. The third kappa shape index (κ3) is 5.63. The van der Waals surface area contributed by atoms with Crippen molar-refractivity contribution in [2.75, 3.05) is 42.9 Å². The monoisotopic (exact) mass is 394 g/mol. The number of carbonyl (C=O) groups is 1. The third-order valence-corrected chi connectivity index (χ3v) is 4.70. The zero-order chi connectivity index (χ0) is 20.0. The Morgan fingerprint density at radius 1 is 1.04 bits per heavy atom. The molecular formula is C20H23F3N3O2+. The lowest BCUT2D eigenvalue weighted by atomic mass is 10.2. The first kappa shape index (κ1) is 20.0.